The highest BCUT2D eigenvalue weighted by Gasteiger charge is 2.03. The molecule has 68 valence electrons. The van der Waals surface area contributed by atoms with E-state index in [9.17, 15) is 0 Å². The molecule has 0 amide bonds. The van der Waals surface area contributed by atoms with Crippen LogP contribution in [0.2, 0.25) is 0 Å². The monoisotopic (exact) mass is 178 g/mol. The second-order valence-corrected chi connectivity index (χ2v) is 2.68. The number of hydrogen-bond acceptors (Lipinski definition) is 4. The summed E-state index contributed by atoms with van der Waals surface area (Å²) in [5.74, 6) is 1.30. The lowest BCUT2D eigenvalue weighted by atomic mass is 10.5. The molecule has 0 saturated heterocycles. The molecule has 0 aliphatic carbocycles. The highest BCUT2D eigenvalue weighted by Crippen LogP contribution is 2.02. The van der Waals surface area contributed by atoms with Crippen molar-refractivity contribution in [2.45, 2.75) is 19.9 Å². The van der Waals surface area contributed by atoms with Gasteiger partial charge in [-0.15, -0.1) is 10.2 Å². The van der Waals surface area contributed by atoms with Crippen molar-refractivity contribution in [3.63, 3.8) is 0 Å². The van der Waals surface area contributed by atoms with Gasteiger partial charge in [0.1, 0.15) is 6.54 Å². The number of imidazole rings is 1. The first kappa shape index (κ1) is 7.97. The van der Waals surface area contributed by atoms with Gasteiger partial charge < -0.3 is 8.98 Å². The van der Waals surface area contributed by atoms with Crippen LogP contribution >= 0.6 is 0 Å². The van der Waals surface area contributed by atoms with Gasteiger partial charge in [0.05, 0.1) is 6.33 Å². The lowest BCUT2D eigenvalue weighted by Gasteiger charge is -1.94. The average molecular weight is 178 g/mol. The molecule has 0 aliphatic heterocycles. The minimum atomic E-state index is 0.590. The molecule has 0 unspecified atom stereocenters. The lowest BCUT2D eigenvalue weighted by molar-refractivity contribution is 0.442. The van der Waals surface area contributed by atoms with Gasteiger partial charge in [0.15, 0.2) is 0 Å². The normalized spacial score (nSPS) is 10.5. The van der Waals surface area contributed by atoms with E-state index in [0.717, 1.165) is 6.42 Å². The molecule has 0 saturated carbocycles. The third-order valence-electron chi connectivity index (χ3n) is 1.69. The first-order chi connectivity index (χ1) is 6.38. The van der Waals surface area contributed by atoms with Crippen LogP contribution in [0, 0.1) is 0 Å². The van der Waals surface area contributed by atoms with E-state index in [2.05, 4.69) is 15.2 Å². The maximum atomic E-state index is 5.34. The van der Waals surface area contributed by atoms with E-state index in [-0.39, 0.29) is 0 Å². The quantitative estimate of drug-likeness (QED) is 0.700. The van der Waals surface area contributed by atoms with Gasteiger partial charge in [-0.25, -0.2) is 4.98 Å². The maximum absolute atomic E-state index is 5.34. The van der Waals surface area contributed by atoms with Crippen LogP contribution in [-0.4, -0.2) is 19.7 Å². The maximum Gasteiger partial charge on any atom is 0.236 e. The molecular weight excluding hydrogens is 168 g/mol. The summed E-state index contributed by atoms with van der Waals surface area (Å²) in [4.78, 5) is 3.92. The molecule has 2 aromatic heterocycles. The summed E-state index contributed by atoms with van der Waals surface area (Å²) < 4.78 is 7.22. The molecule has 0 aliphatic rings. The fourth-order valence-corrected chi connectivity index (χ4v) is 1.03. The number of aromatic nitrogens is 4. The summed E-state index contributed by atoms with van der Waals surface area (Å²) in [6.45, 7) is 2.57. The van der Waals surface area contributed by atoms with Crippen LogP contribution in [0.1, 0.15) is 18.7 Å². The van der Waals surface area contributed by atoms with Crippen molar-refractivity contribution in [2.75, 3.05) is 0 Å². The van der Waals surface area contributed by atoms with Crippen LogP contribution in [0.3, 0.4) is 0 Å². The Morgan fingerprint density at radius 1 is 1.38 bits per heavy atom. The SMILES string of the molecule is CCc1nnc(Cn2ccnc2)o1. The van der Waals surface area contributed by atoms with E-state index in [1.807, 2.05) is 17.7 Å². The van der Waals surface area contributed by atoms with Crippen molar-refractivity contribution in [3.8, 4) is 0 Å². The molecule has 0 atom stereocenters. The molecule has 0 fully saturated rings. The second kappa shape index (κ2) is 3.38. The van der Waals surface area contributed by atoms with Gasteiger partial charge in [-0.05, 0) is 0 Å². The lowest BCUT2D eigenvalue weighted by Crippen LogP contribution is -1.96. The van der Waals surface area contributed by atoms with E-state index in [1.165, 1.54) is 0 Å². The van der Waals surface area contributed by atoms with Crippen molar-refractivity contribution in [1.29, 1.82) is 0 Å². The number of rotatable bonds is 3. The standard InChI is InChI=1S/C8H10N4O/c1-2-7-10-11-8(13-7)5-12-4-3-9-6-12/h3-4,6H,2,5H2,1H3. The molecule has 0 N–H and O–H groups in total. The minimum absolute atomic E-state index is 0.590. The Morgan fingerprint density at radius 3 is 2.85 bits per heavy atom. The van der Waals surface area contributed by atoms with Crippen molar-refractivity contribution >= 4 is 0 Å². The molecule has 0 spiro atoms. The fraction of sp³-hybridized carbons (Fsp3) is 0.375. The van der Waals surface area contributed by atoms with Gasteiger partial charge in [0.2, 0.25) is 11.8 Å². The second-order valence-electron chi connectivity index (χ2n) is 2.68. The third-order valence-corrected chi connectivity index (χ3v) is 1.69. The van der Waals surface area contributed by atoms with Crippen molar-refractivity contribution in [1.82, 2.24) is 19.7 Å². The summed E-state index contributed by atoms with van der Waals surface area (Å²) in [6, 6.07) is 0. The van der Waals surface area contributed by atoms with Crippen molar-refractivity contribution < 1.29 is 4.42 Å². The molecule has 5 heteroatoms. The van der Waals surface area contributed by atoms with Crippen molar-refractivity contribution in [3.05, 3.63) is 30.5 Å². The Morgan fingerprint density at radius 2 is 2.23 bits per heavy atom. The van der Waals surface area contributed by atoms with Crippen LogP contribution in [0.4, 0.5) is 0 Å². The van der Waals surface area contributed by atoms with Gasteiger partial charge in [0, 0.05) is 18.8 Å². The molecule has 0 bridgehead atoms. The molecule has 0 aromatic carbocycles. The van der Waals surface area contributed by atoms with Gasteiger partial charge in [-0.3, -0.25) is 0 Å². The minimum Gasteiger partial charge on any atom is -0.423 e. The average Bonchev–Trinajstić information content (AvgIpc) is 2.76. The molecule has 2 aromatic rings. The zero-order valence-corrected chi connectivity index (χ0v) is 7.34. The number of nitrogens with zero attached hydrogens (tertiary/aromatic N) is 4. The fourth-order valence-electron chi connectivity index (χ4n) is 1.03. The summed E-state index contributed by atoms with van der Waals surface area (Å²) in [5, 5.41) is 7.76. The van der Waals surface area contributed by atoms with Crippen molar-refractivity contribution in [2.24, 2.45) is 0 Å². The van der Waals surface area contributed by atoms with Crippen LogP contribution in [0.25, 0.3) is 0 Å². The van der Waals surface area contributed by atoms with E-state index in [1.54, 1.807) is 12.5 Å². The Bertz CT molecular complexity index is 365. The number of hydrogen-bond donors (Lipinski definition) is 0. The molecular formula is C8H10N4O. The molecule has 13 heavy (non-hydrogen) atoms. The topological polar surface area (TPSA) is 56.7 Å². The van der Waals surface area contributed by atoms with Crippen LogP contribution in [-0.2, 0) is 13.0 Å². The first-order valence-corrected chi connectivity index (χ1v) is 4.15. The van der Waals surface area contributed by atoms with Crippen LogP contribution in [0.15, 0.2) is 23.1 Å². The Hall–Kier alpha value is -1.65. The highest BCUT2D eigenvalue weighted by molar-refractivity contribution is 4.85. The Labute approximate surface area is 75.4 Å². The summed E-state index contributed by atoms with van der Waals surface area (Å²) in [5.41, 5.74) is 0. The first-order valence-electron chi connectivity index (χ1n) is 4.15. The van der Waals surface area contributed by atoms with Crippen LogP contribution in [0.5, 0.6) is 0 Å². The van der Waals surface area contributed by atoms with Gasteiger partial charge in [-0.2, -0.15) is 0 Å². The molecule has 2 heterocycles. The highest BCUT2D eigenvalue weighted by atomic mass is 16.4. The van der Waals surface area contributed by atoms with E-state index >= 15 is 0 Å². The van der Waals surface area contributed by atoms with Crippen LogP contribution < -0.4 is 0 Å². The van der Waals surface area contributed by atoms with Gasteiger partial charge in [0.25, 0.3) is 0 Å². The Kier molecular flexibility index (Phi) is 2.08. The Balaban J connectivity index is 2.10. The largest absolute Gasteiger partial charge is 0.423 e. The molecule has 5 nitrogen and oxygen atoms in total. The predicted octanol–water partition coefficient (Wildman–Crippen LogP) is 0.877. The number of aryl methyl sites for hydroxylation is 1. The third kappa shape index (κ3) is 1.74. The summed E-state index contributed by atoms with van der Waals surface area (Å²) in [7, 11) is 0. The molecule has 2 rings (SSSR count). The summed E-state index contributed by atoms with van der Waals surface area (Å²) in [6.07, 6.45) is 6.07. The smallest absolute Gasteiger partial charge is 0.236 e. The van der Waals surface area contributed by atoms with E-state index in [4.69, 9.17) is 4.42 Å². The zero-order valence-electron chi connectivity index (χ0n) is 7.34. The molecule has 0 radical (unpaired) electrons. The van der Waals surface area contributed by atoms with E-state index in [0.29, 0.717) is 18.3 Å². The predicted molar refractivity (Wildman–Crippen MR) is 45.0 cm³/mol. The van der Waals surface area contributed by atoms with E-state index < -0.39 is 0 Å². The summed E-state index contributed by atoms with van der Waals surface area (Å²) >= 11 is 0. The van der Waals surface area contributed by atoms with Gasteiger partial charge in [-0.1, -0.05) is 6.92 Å². The van der Waals surface area contributed by atoms with Gasteiger partial charge >= 0.3 is 0 Å². The zero-order chi connectivity index (χ0) is 9.10.